The van der Waals surface area contributed by atoms with E-state index in [4.69, 9.17) is 19.4 Å². The number of aliphatic carboxylic acids is 1. The molecule has 0 bridgehead atoms. The maximum atomic E-state index is 12.3. The highest BCUT2D eigenvalue weighted by Crippen LogP contribution is 2.42. The van der Waals surface area contributed by atoms with Crippen molar-refractivity contribution in [2.24, 2.45) is 11.3 Å². The Kier molecular flexibility index (Phi) is 8.10. The number of amides is 1. The number of pyridine rings is 1. The summed E-state index contributed by atoms with van der Waals surface area (Å²) < 4.78 is 43.6. The summed E-state index contributed by atoms with van der Waals surface area (Å²) in [4.78, 5) is 27.3. The lowest BCUT2D eigenvalue weighted by Gasteiger charge is -2.38. The molecule has 1 atom stereocenters. The number of carbonyl (C=O) groups is 2. The van der Waals surface area contributed by atoms with Gasteiger partial charge in [-0.2, -0.15) is 13.2 Å². The van der Waals surface area contributed by atoms with Crippen LogP contribution in [0.15, 0.2) is 24.5 Å². The van der Waals surface area contributed by atoms with Gasteiger partial charge in [-0.3, -0.25) is 9.78 Å². The summed E-state index contributed by atoms with van der Waals surface area (Å²) in [6.07, 6.45) is 5.19. The zero-order valence-corrected chi connectivity index (χ0v) is 17.9. The van der Waals surface area contributed by atoms with Gasteiger partial charge in [0.1, 0.15) is 0 Å². The molecule has 3 heterocycles. The molecule has 0 radical (unpaired) electrons. The van der Waals surface area contributed by atoms with Crippen molar-refractivity contribution in [3.05, 3.63) is 30.1 Å². The number of hydrogen-bond acceptors (Lipinski definition) is 5. The molecule has 3 aliphatic rings. The van der Waals surface area contributed by atoms with E-state index in [1.807, 2.05) is 18.3 Å². The van der Waals surface area contributed by atoms with Gasteiger partial charge in [-0.05, 0) is 55.1 Å². The Labute approximate surface area is 184 Å². The number of ether oxygens (including phenoxy) is 2. The first-order valence-corrected chi connectivity index (χ1v) is 10.8. The van der Waals surface area contributed by atoms with Gasteiger partial charge in [0.15, 0.2) is 0 Å². The molecule has 1 spiro atoms. The Hall–Kier alpha value is -2.20. The van der Waals surface area contributed by atoms with E-state index < -0.39 is 12.1 Å². The maximum Gasteiger partial charge on any atom is 0.490 e. The first kappa shape index (κ1) is 24.4. The minimum atomic E-state index is -5.08. The molecular weight excluding hydrogens is 429 g/mol. The highest BCUT2D eigenvalue weighted by atomic mass is 19.4. The molecule has 0 aromatic carbocycles. The van der Waals surface area contributed by atoms with E-state index in [2.05, 4.69) is 9.88 Å². The third-order valence-electron chi connectivity index (χ3n) is 6.16. The molecule has 10 heteroatoms. The highest BCUT2D eigenvalue weighted by Gasteiger charge is 2.43. The van der Waals surface area contributed by atoms with Crippen LogP contribution in [-0.4, -0.2) is 65.5 Å². The van der Waals surface area contributed by atoms with Crippen LogP contribution in [0.1, 0.15) is 44.1 Å². The fourth-order valence-electron chi connectivity index (χ4n) is 4.07. The molecule has 2 saturated heterocycles. The lowest BCUT2D eigenvalue weighted by atomic mass is 9.76. The molecule has 1 unspecified atom stereocenters. The smallest absolute Gasteiger partial charge is 0.475 e. The summed E-state index contributed by atoms with van der Waals surface area (Å²) in [6.45, 7) is 3.85. The zero-order valence-electron chi connectivity index (χ0n) is 17.9. The first-order valence-electron chi connectivity index (χ1n) is 10.8. The normalized spacial score (nSPS) is 22.3. The first-order chi connectivity index (χ1) is 15.2. The molecule has 1 aromatic rings. The van der Waals surface area contributed by atoms with Crippen LogP contribution in [0.2, 0.25) is 0 Å². The van der Waals surface area contributed by atoms with E-state index in [1.165, 1.54) is 12.8 Å². The number of halogens is 3. The van der Waals surface area contributed by atoms with Crippen LogP contribution in [0.25, 0.3) is 0 Å². The number of aromatic nitrogens is 1. The number of likely N-dealkylation sites (tertiary alicyclic amines) is 1. The maximum absolute atomic E-state index is 12.3. The van der Waals surface area contributed by atoms with E-state index in [0.717, 1.165) is 50.9 Å². The summed E-state index contributed by atoms with van der Waals surface area (Å²) in [5, 5.41) is 7.12. The van der Waals surface area contributed by atoms with Crippen molar-refractivity contribution < 1.29 is 37.3 Å². The quantitative estimate of drug-likeness (QED) is 0.703. The van der Waals surface area contributed by atoms with Gasteiger partial charge in [0, 0.05) is 31.9 Å². The van der Waals surface area contributed by atoms with Gasteiger partial charge in [0.05, 0.1) is 25.9 Å². The largest absolute Gasteiger partial charge is 0.490 e. The molecule has 32 heavy (non-hydrogen) atoms. The van der Waals surface area contributed by atoms with Crippen molar-refractivity contribution in [3.63, 3.8) is 0 Å². The zero-order chi connectivity index (χ0) is 23.2. The van der Waals surface area contributed by atoms with E-state index in [9.17, 15) is 18.0 Å². The molecular formula is C22H29F3N2O5. The van der Waals surface area contributed by atoms with E-state index in [0.29, 0.717) is 25.0 Å². The van der Waals surface area contributed by atoms with Gasteiger partial charge in [-0.15, -0.1) is 0 Å². The standard InChI is InChI=1S/C20H28N2O3.C2HF3O2/c23-19(10-16-3-4-16)22-8-5-20(6-9-22)11-18(25-15-20)14-24-13-17-2-1-7-21-12-17;3-2(4,5)1(6)7/h1-2,7,12,16,18H,3-6,8-11,13-15H2;(H,6,7). The number of rotatable bonds is 6. The number of carbonyl (C=O) groups excluding carboxylic acids is 1. The van der Waals surface area contributed by atoms with Crippen LogP contribution in [0.4, 0.5) is 13.2 Å². The van der Waals surface area contributed by atoms with Crippen molar-refractivity contribution in [2.75, 3.05) is 26.3 Å². The highest BCUT2D eigenvalue weighted by molar-refractivity contribution is 5.76. The summed E-state index contributed by atoms with van der Waals surface area (Å²) in [6, 6.07) is 3.95. The number of nitrogens with zero attached hydrogens (tertiary/aromatic N) is 2. The molecule has 4 rings (SSSR count). The van der Waals surface area contributed by atoms with Crippen molar-refractivity contribution in [3.8, 4) is 0 Å². The molecule has 3 fully saturated rings. The Morgan fingerprint density at radius 3 is 2.53 bits per heavy atom. The predicted octanol–water partition coefficient (Wildman–Crippen LogP) is 3.43. The minimum absolute atomic E-state index is 0.186. The average Bonchev–Trinajstić information content (AvgIpc) is 3.49. The van der Waals surface area contributed by atoms with E-state index in [1.54, 1.807) is 6.20 Å². The summed E-state index contributed by atoms with van der Waals surface area (Å²) >= 11 is 0. The minimum Gasteiger partial charge on any atom is -0.475 e. The Bertz CT molecular complexity index is 763. The number of piperidine rings is 1. The van der Waals surface area contributed by atoms with Crippen LogP contribution < -0.4 is 0 Å². The molecule has 7 nitrogen and oxygen atoms in total. The van der Waals surface area contributed by atoms with Gasteiger partial charge in [0.25, 0.3) is 0 Å². The number of carboxylic acids is 1. The van der Waals surface area contributed by atoms with Crippen LogP contribution in [0, 0.1) is 11.3 Å². The lowest BCUT2D eigenvalue weighted by molar-refractivity contribution is -0.192. The van der Waals surface area contributed by atoms with Gasteiger partial charge in [0.2, 0.25) is 5.91 Å². The number of alkyl halides is 3. The fourth-order valence-corrected chi connectivity index (χ4v) is 4.07. The molecule has 1 aliphatic carbocycles. The van der Waals surface area contributed by atoms with Crippen molar-refractivity contribution >= 4 is 11.9 Å². The van der Waals surface area contributed by atoms with Crippen LogP contribution in [0.5, 0.6) is 0 Å². The molecule has 1 amide bonds. The Balaban J connectivity index is 0.000000360. The van der Waals surface area contributed by atoms with Crippen LogP contribution in [0.3, 0.4) is 0 Å². The topological polar surface area (TPSA) is 89.0 Å². The van der Waals surface area contributed by atoms with Gasteiger partial charge >= 0.3 is 12.1 Å². The second-order valence-electron chi connectivity index (χ2n) is 8.84. The van der Waals surface area contributed by atoms with Gasteiger partial charge < -0.3 is 19.5 Å². The van der Waals surface area contributed by atoms with Crippen LogP contribution >= 0.6 is 0 Å². The summed E-state index contributed by atoms with van der Waals surface area (Å²) in [7, 11) is 0. The van der Waals surface area contributed by atoms with Crippen LogP contribution in [-0.2, 0) is 25.7 Å². The average molecular weight is 458 g/mol. The monoisotopic (exact) mass is 458 g/mol. The lowest BCUT2D eigenvalue weighted by Crippen LogP contribution is -2.43. The van der Waals surface area contributed by atoms with Crippen molar-refractivity contribution in [2.45, 2.75) is 57.4 Å². The number of hydrogen-bond donors (Lipinski definition) is 1. The van der Waals surface area contributed by atoms with E-state index in [-0.39, 0.29) is 11.5 Å². The SMILES string of the molecule is O=C(CC1CC1)N1CCC2(CC1)COC(COCc1cccnc1)C2.O=C(O)C(F)(F)F. The molecule has 1 saturated carbocycles. The second kappa shape index (κ2) is 10.6. The van der Waals surface area contributed by atoms with E-state index >= 15 is 0 Å². The molecule has 1 N–H and O–H groups in total. The molecule has 178 valence electrons. The predicted molar refractivity (Wildman–Crippen MR) is 108 cm³/mol. The van der Waals surface area contributed by atoms with Crippen molar-refractivity contribution in [1.29, 1.82) is 0 Å². The second-order valence-corrected chi connectivity index (χ2v) is 8.84. The van der Waals surface area contributed by atoms with Gasteiger partial charge in [-0.25, -0.2) is 4.79 Å². The molecule has 1 aromatic heterocycles. The number of carboxylic acid groups (broad SMARTS) is 1. The van der Waals surface area contributed by atoms with Gasteiger partial charge in [-0.1, -0.05) is 6.07 Å². The summed E-state index contributed by atoms with van der Waals surface area (Å²) in [5.41, 5.74) is 1.36. The third kappa shape index (κ3) is 7.44. The Morgan fingerprint density at radius 2 is 1.97 bits per heavy atom. The molecule has 2 aliphatic heterocycles. The van der Waals surface area contributed by atoms with Crippen molar-refractivity contribution in [1.82, 2.24) is 9.88 Å². The third-order valence-corrected chi connectivity index (χ3v) is 6.16. The summed E-state index contributed by atoms with van der Waals surface area (Å²) in [5.74, 6) is -1.71. The fraction of sp³-hybridized carbons (Fsp3) is 0.682. The Morgan fingerprint density at radius 1 is 1.28 bits per heavy atom.